The van der Waals surface area contributed by atoms with Gasteiger partial charge in [0.25, 0.3) is 5.91 Å². The fourth-order valence-corrected chi connectivity index (χ4v) is 2.66. The van der Waals surface area contributed by atoms with E-state index in [1.54, 1.807) is 17.6 Å². The predicted octanol–water partition coefficient (Wildman–Crippen LogP) is 1.41. The van der Waals surface area contributed by atoms with Gasteiger partial charge < -0.3 is 4.42 Å². The molecule has 9 heteroatoms. The van der Waals surface area contributed by atoms with E-state index in [1.807, 2.05) is 25.1 Å². The lowest BCUT2D eigenvalue weighted by Crippen LogP contribution is -2.36. The van der Waals surface area contributed by atoms with Crippen molar-refractivity contribution in [2.24, 2.45) is 0 Å². The summed E-state index contributed by atoms with van der Waals surface area (Å²) in [5, 5.41) is 12.1. The van der Waals surface area contributed by atoms with Crippen LogP contribution in [0.1, 0.15) is 6.92 Å². The van der Waals surface area contributed by atoms with Crippen LogP contribution < -0.4 is 10.7 Å². The van der Waals surface area contributed by atoms with Crippen LogP contribution >= 0.6 is 11.3 Å². The fourth-order valence-electron chi connectivity index (χ4n) is 2.02. The Balaban J connectivity index is 1.82. The number of hydrogen-bond donors (Lipinski definition) is 0. The van der Waals surface area contributed by atoms with Crippen molar-refractivity contribution >= 4 is 22.4 Å². The molecule has 0 unspecified atom stereocenters. The summed E-state index contributed by atoms with van der Waals surface area (Å²) in [5.41, 5.74) is 2.22. The molecule has 3 aromatic rings. The maximum Gasteiger partial charge on any atom is 0.437 e. The second-order valence-corrected chi connectivity index (χ2v) is 5.37. The molecule has 2 aromatic heterocycles. The highest BCUT2D eigenvalue weighted by atomic mass is 32.1. The number of benzene rings is 1. The van der Waals surface area contributed by atoms with Crippen LogP contribution in [0.3, 0.4) is 0 Å². The highest BCUT2D eigenvalue weighted by molar-refractivity contribution is 7.13. The van der Waals surface area contributed by atoms with Gasteiger partial charge in [-0.15, -0.1) is 15.3 Å². The average molecular weight is 331 g/mol. The Labute approximate surface area is 135 Å². The summed E-state index contributed by atoms with van der Waals surface area (Å²) in [6.45, 7) is 2.02. The van der Waals surface area contributed by atoms with Crippen molar-refractivity contribution in [2.75, 3.05) is 11.4 Å². The number of rotatable bonds is 5. The van der Waals surface area contributed by atoms with Crippen molar-refractivity contribution in [3.8, 4) is 11.5 Å². The van der Waals surface area contributed by atoms with E-state index in [0.717, 1.165) is 4.68 Å². The Kier molecular flexibility index (Phi) is 4.29. The van der Waals surface area contributed by atoms with E-state index < -0.39 is 5.76 Å². The molecule has 0 N–H and O–H groups in total. The number of carbonyl (C=O) groups is 1. The van der Waals surface area contributed by atoms with Gasteiger partial charge >= 0.3 is 5.76 Å². The predicted molar refractivity (Wildman–Crippen MR) is 84.1 cm³/mol. The summed E-state index contributed by atoms with van der Waals surface area (Å²) >= 11 is 1.25. The van der Waals surface area contributed by atoms with Crippen LogP contribution in [0.25, 0.3) is 11.5 Å². The minimum Gasteiger partial charge on any atom is -0.388 e. The Bertz CT molecular complexity index is 841. The lowest BCUT2D eigenvalue weighted by Gasteiger charge is -2.16. The van der Waals surface area contributed by atoms with Crippen molar-refractivity contribution in [3.05, 3.63) is 46.4 Å². The molecule has 0 saturated heterocycles. The molecule has 0 atom stereocenters. The SMILES string of the molecule is CCN(C(=O)Cn1nc(-c2ccccc2)oc1=O)c1nncs1. The molecule has 1 amide bonds. The number of nitrogens with zero attached hydrogens (tertiary/aromatic N) is 5. The van der Waals surface area contributed by atoms with Crippen LogP contribution in [-0.2, 0) is 11.3 Å². The molecule has 8 nitrogen and oxygen atoms in total. The van der Waals surface area contributed by atoms with Crippen molar-refractivity contribution in [3.63, 3.8) is 0 Å². The van der Waals surface area contributed by atoms with Gasteiger partial charge in [0.1, 0.15) is 12.1 Å². The zero-order valence-corrected chi connectivity index (χ0v) is 13.1. The Morgan fingerprint density at radius 2 is 2.13 bits per heavy atom. The first-order valence-electron chi connectivity index (χ1n) is 6.89. The van der Waals surface area contributed by atoms with Gasteiger partial charge in [0, 0.05) is 12.1 Å². The second-order valence-electron chi connectivity index (χ2n) is 4.56. The molecule has 0 aliphatic carbocycles. The van der Waals surface area contributed by atoms with Gasteiger partial charge in [0.2, 0.25) is 11.0 Å². The monoisotopic (exact) mass is 331 g/mol. The maximum atomic E-state index is 12.4. The molecule has 118 valence electrons. The van der Waals surface area contributed by atoms with Crippen LogP contribution in [0.5, 0.6) is 0 Å². The van der Waals surface area contributed by atoms with Crippen LogP contribution in [-0.4, -0.2) is 32.4 Å². The third kappa shape index (κ3) is 3.19. The third-order valence-electron chi connectivity index (χ3n) is 3.11. The summed E-state index contributed by atoms with van der Waals surface area (Å²) in [6, 6.07) is 9.03. The first-order chi connectivity index (χ1) is 11.2. The molecule has 2 heterocycles. The molecule has 0 fully saturated rings. The summed E-state index contributed by atoms with van der Waals surface area (Å²) in [5.74, 6) is -0.799. The molecule has 3 rings (SSSR count). The Morgan fingerprint density at radius 1 is 1.35 bits per heavy atom. The number of carbonyl (C=O) groups excluding carboxylic acids is 1. The fraction of sp³-hybridized carbons (Fsp3) is 0.214. The molecule has 0 saturated carbocycles. The van der Waals surface area contributed by atoms with E-state index in [-0.39, 0.29) is 18.3 Å². The standard InChI is InChI=1S/C14H13N5O3S/c1-2-18(13-16-15-9-23-13)11(20)8-19-14(21)22-12(17-19)10-6-4-3-5-7-10/h3-7,9H,2,8H2,1H3. The van der Waals surface area contributed by atoms with E-state index in [1.165, 1.54) is 16.2 Å². The minimum atomic E-state index is -0.675. The zero-order chi connectivity index (χ0) is 16.2. The van der Waals surface area contributed by atoms with E-state index in [9.17, 15) is 9.59 Å². The van der Waals surface area contributed by atoms with Crippen LogP contribution in [0, 0.1) is 0 Å². The van der Waals surface area contributed by atoms with Gasteiger partial charge in [-0.05, 0) is 19.1 Å². The lowest BCUT2D eigenvalue weighted by atomic mass is 10.2. The van der Waals surface area contributed by atoms with E-state index in [2.05, 4.69) is 15.3 Å². The first-order valence-corrected chi connectivity index (χ1v) is 7.77. The van der Waals surface area contributed by atoms with Gasteiger partial charge in [0.05, 0.1) is 0 Å². The third-order valence-corrected chi connectivity index (χ3v) is 3.82. The van der Waals surface area contributed by atoms with E-state index in [0.29, 0.717) is 17.2 Å². The zero-order valence-electron chi connectivity index (χ0n) is 12.2. The number of hydrogen-bond acceptors (Lipinski definition) is 7. The second kappa shape index (κ2) is 6.53. The summed E-state index contributed by atoms with van der Waals surface area (Å²) in [6.07, 6.45) is 0. The van der Waals surface area contributed by atoms with Crippen molar-refractivity contribution in [1.82, 2.24) is 20.0 Å². The van der Waals surface area contributed by atoms with Gasteiger partial charge in [-0.1, -0.05) is 29.5 Å². The molecule has 0 radical (unpaired) electrons. The Morgan fingerprint density at radius 3 is 2.78 bits per heavy atom. The quantitative estimate of drug-likeness (QED) is 0.701. The van der Waals surface area contributed by atoms with Gasteiger partial charge in [0.15, 0.2) is 0 Å². The number of likely N-dealkylation sites (N-methyl/N-ethyl adjacent to an activating group) is 1. The maximum absolute atomic E-state index is 12.4. The molecule has 1 aromatic carbocycles. The number of aromatic nitrogens is 4. The largest absolute Gasteiger partial charge is 0.437 e. The van der Waals surface area contributed by atoms with Crippen molar-refractivity contribution in [2.45, 2.75) is 13.5 Å². The van der Waals surface area contributed by atoms with Gasteiger partial charge in [-0.2, -0.15) is 4.68 Å². The highest BCUT2D eigenvalue weighted by Crippen LogP contribution is 2.16. The number of amides is 1. The van der Waals surface area contributed by atoms with Crippen LogP contribution in [0.2, 0.25) is 0 Å². The van der Waals surface area contributed by atoms with E-state index in [4.69, 9.17) is 4.42 Å². The molecular formula is C14H13N5O3S. The topological polar surface area (TPSA) is 94.1 Å². The van der Waals surface area contributed by atoms with Crippen LogP contribution in [0.15, 0.2) is 45.1 Å². The molecule has 23 heavy (non-hydrogen) atoms. The van der Waals surface area contributed by atoms with Gasteiger partial charge in [-0.25, -0.2) is 4.79 Å². The highest BCUT2D eigenvalue weighted by Gasteiger charge is 2.20. The smallest absolute Gasteiger partial charge is 0.388 e. The molecule has 0 aliphatic rings. The van der Waals surface area contributed by atoms with Crippen molar-refractivity contribution in [1.29, 1.82) is 0 Å². The minimum absolute atomic E-state index is 0.183. The summed E-state index contributed by atoms with van der Waals surface area (Å²) < 4.78 is 6.11. The first kappa shape index (κ1) is 15.1. The normalized spacial score (nSPS) is 10.7. The van der Waals surface area contributed by atoms with Gasteiger partial charge in [-0.3, -0.25) is 9.69 Å². The van der Waals surface area contributed by atoms with Crippen molar-refractivity contribution < 1.29 is 9.21 Å². The molecule has 0 bridgehead atoms. The molecule has 0 spiro atoms. The molecule has 0 aliphatic heterocycles. The summed E-state index contributed by atoms with van der Waals surface area (Å²) in [4.78, 5) is 25.7. The lowest BCUT2D eigenvalue weighted by molar-refractivity contribution is -0.119. The van der Waals surface area contributed by atoms with Crippen LogP contribution in [0.4, 0.5) is 5.13 Å². The number of anilines is 1. The average Bonchev–Trinajstić information content (AvgIpc) is 3.20. The molecular weight excluding hydrogens is 318 g/mol. The Hall–Kier alpha value is -2.81. The summed E-state index contributed by atoms with van der Waals surface area (Å²) in [7, 11) is 0. The van der Waals surface area contributed by atoms with E-state index >= 15 is 0 Å².